The number of thiophene rings is 1. The molecule has 5 atom stereocenters. The average Bonchev–Trinajstić information content (AvgIpc) is 3.37. The zero-order valence-corrected chi connectivity index (χ0v) is 21.5. The third kappa shape index (κ3) is 3.18. The lowest BCUT2D eigenvalue weighted by Gasteiger charge is -2.64. The van der Waals surface area contributed by atoms with Crippen molar-refractivity contribution in [3.8, 4) is 11.5 Å². The number of carbonyl (C=O) groups is 1. The monoisotopic (exact) mass is 506 g/mol. The van der Waals surface area contributed by atoms with E-state index in [1.807, 2.05) is 36.0 Å². The lowest BCUT2D eigenvalue weighted by Crippen LogP contribution is -2.76. The third-order valence-electron chi connectivity index (χ3n) is 9.73. The van der Waals surface area contributed by atoms with Gasteiger partial charge in [0, 0.05) is 43.7 Å². The molecule has 0 unspecified atom stereocenters. The molecular weight excluding hydrogens is 472 g/mol. The van der Waals surface area contributed by atoms with Crippen LogP contribution in [0.15, 0.2) is 35.0 Å². The van der Waals surface area contributed by atoms with Gasteiger partial charge in [-0.25, -0.2) is 0 Å². The molecule has 1 aromatic heterocycles. The van der Waals surface area contributed by atoms with Gasteiger partial charge in [-0.1, -0.05) is 6.07 Å². The van der Waals surface area contributed by atoms with E-state index in [2.05, 4.69) is 4.90 Å². The van der Waals surface area contributed by atoms with Gasteiger partial charge in [0.2, 0.25) is 5.91 Å². The minimum atomic E-state index is -0.880. The fourth-order valence-electron chi connectivity index (χ4n) is 7.88. The van der Waals surface area contributed by atoms with E-state index in [0.717, 1.165) is 49.4 Å². The van der Waals surface area contributed by atoms with E-state index in [9.17, 15) is 15.0 Å². The highest BCUT2D eigenvalue weighted by atomic mass is 32.1. The van der Waals surface area contributed by atoms with Crippen LogP contribution in [-0.4, -0.2) is 70.3 Å². The highest BCUT2D eigenvalue weighted by molar-refractivity contribution is 7.08. The quantitative estimate of drug-likeness (QED) is 0.583. The first kappa shape index (κ1) is 22.8. The first-order chi connectivity index (χ1) is 17.4. The number of phenolic OH excluding ortho intramolecular Hbond substituents is 1. The number of aliphatic hydroxyl groups is 1. The number of amides is 1. The van der Waals surface area contributed by atoms with Gasteiger partial charge < -0.3 is 19.8 Å². The van der Waals surface area contributed by atoms with Crippen LogP contribution >= 0.6 is 11.3 Å². The number of likely N-dealkylation sites (N-methyl/N-ethyl adjacent to an activating group) is 1. The molecule has 1 spiro atoms. The number of likely N-dealkylation sites (tertiary alicyclic amines) is 1. The molecule has 5 aliphatic rings. The molecule has 0 radical (unpaired) electrons. The summed E-state index contributed by atoms with van der Waals surface area (Å²) < 4.78 is 6.63. The fourth-order valence-corrected chi connectivity index (χ4v) is 8.51. The van der Waals surface area contributed by atoms with Gasteiger partial charge in [0.15, 0.2) is 11.5 Å². The van der Waals surface area contributed by atoms with E-state index >= 15 is 0 Å². The molecule has 3 fully saturated rings. The standard InChI is InChI=1S/C29H34N2O4S/c1-30(24(33)7-4-19-9-13-36-17-19)16-21-8-10-29(34)23-14-20-5-6-22(32)26-25(20)28(29,27(21)35-26)11-12-31(23)15-18-2-3-18/h4-7,9,13,17-18,21,23,27,32,34H,2-3,8,10-12,14-16H2,1H3/b7-4+/t21-,23-,27+,28+,29-/m1/s1. The van der Waals surface area contributed by atoms with Gasteiger partial charge in [0.05, 0.1) is 11.0 Å². The number of aromatic hydroxyl groups is 1. The lowest BCUT2D eigenvalue weighted by atomic mass is 9.47. The summed E-state index contributed by atoms with van der Waals surface area (Å²) in [6.45, 7) is 2.59. The fraction of sp³-hybridized carbons (Fsp3) is 0.552. The van der Waals surface area contributed by atoms with Crippen molar-refractivity contribution >= 4 is 23.3 Å². The van der Waals surface area contributed by atoms with Crippen molar-refractivity contribution in [2.75, 3.05) is 26.7 Å². The summed E-state index contributed by atoms with van der Waals surface area (Å²) >= 11 is 1.61. The van der Waals surface area contributed by atoms with E-state index in [1.165, 1.54) is 18.4 Å². The lowest BCUT2D eigenvalue weighted by molar-refractivity contribution is -0.199. The number of carbonyl (C=O) groups excluding carboxylic acids is 1. The zero-order valence-electron chi connectivity index (χ0n) is 20.7. The van der Waals surface area contributed by atoms with E-state index in [4.69, 9.17) is 4.74 Å². The maximum atomic E-state index is 12.9. The molecule has 1 saturated heterocycles. The molecule has 1 amide bonds. The number of ether oxygens (including phenoxy) is 1. The molecule has 2 bridgehead atoms. The van der Waals surface area contributed by atoms with Crippen LogP contribution in [0.2, 0.25) is 0 Å². The maximum Gasteiger partial charge on any atom is 0.246 e. The van der Waals surface area contributed by atoms with Crippen LogP contribution < -0.4 is 4.74 Å². The Balaban J connectivity index is 1.21. The molecular formula is C29H34N2O4S. The minimum Gasteiger partial charge on any atom is -0.504 e. The molecule has 6 nitrogen and oxygen atoms in total. The zero-order chi connectivity index (χ0) is 24.7. The van der Waals surface area contributed by atoms with Gasteiger partial charge in [-0.15, -0.1) is 0 Å². The Morgan fingerprint density at radius 3 is 2.92 bits per heavy atom. The first-order valence-corrected chi connectivity index (χ1v) is 14.3. The predicted octanol–water partition coefficient (Wildman–Crippen LogP) is 3.81. The highest BCUT2D eigenvalue weighted by Gasteiger charge is 2.72. The SMILES string of the molecule is CN(C[C@H]1CC[C@@]2(O)[C@H]3Cc4ccc(O)c5c4[C@@]2(CCN3CC2CC2)[C@H]1O5)C(=O)/C=C/c1ccsc1. The molecule has 7 rings (SSSR count). The number of piperidine rings is 1. The number of hydrogen-bond acceptors (Lipinski definition) is 6. The summed E-state index contributed by atoms with van der Waals surface area (Å²) in [6.07, 6.45) is 8.99. The molecule has 2 N–H and O–H groups in total. The van der Waals surface area contributed by atoms with E-state index in [1.54, 1.807) is 28.4 Å². The number of benzene rings is 1. The number of phenols is 1. The van der Waals surface area contributed by atoms with Gasteiger partial charge in [0.25, 0.3) is 0 Å². The first-order valence-electron chi connectivity index (χ1n) is 13.3. The van der Waals surface area contributed by atoms with Crippen LogP contribution in [0.25, 0.3) is 6.08 Å². The largest absolute Gasteiger partial charge is 0.504 e. The normalized spacial score (nSPS) is 34.4. The Morgan fingerprint density at radius 2 is 2.14 bits per heavy atom. The second-order valence-electron chi connectivity index (χ2n) is 11.7. The van der Waals surface area contributed by atoms with Gasteiger partial charge in [0.1, 0.15) is 6.10 Å². The van der Waals surface area contributed by atoms with Crippen molar-refractivity contribution in [3.63, 3.8) is 0 Å². The summed E-state index contributed by atoms with van der Waals surface area (Å²) in [5.41, 5.74) is 1.89. The van der Waals surface area contributed by atoms with Crippen molar-refractivity contribution < 1.29 is 19.7 Å². The second kappa shape index (κ2) is 8.07. The molecule has 3 heterocycles. The summed E-state index contributed by atoms with van der Waals surface area (Å²) in [6, 6.07) is 5.88. The second-order valence-corrected chi connectivity index (χ2v) is 12.5. The Hall–Kier alpha value is -2.35. The smallest absolute Gasteiger partial charge is 0.246 e. The molecule has 2 saturated carbocycles. The van der Waals surface area contributed by atoms with E-state index in [0.29, 0.717) is 18.7 Å². The highest BCUT2D eigenvalue weighted by Crippen LogP contribution is 2.66. The Bertz CT molecular complexity index is 1220. The molecule has 2 aliphatic heterocycles. The van der Waals surface area contributed by atoms with Crippen molar-refractivity contribution in [1.29, 1.82) is 0 Å². The Kier molecular flexibility index (Phi) is 5.12. The van der Waals surface area contributed by atoms with E-state index < -0.39 is 11.0 Å². The van der Waals surface area contributed by atoms with E-state index in [-0.39, 0.29) is 29.7 Å². The minimum absolute atomic E-state index is 0.0284. The van der Waals surface area contributed by atoms with Gasteiger partial charge in [-0.2, -0.15) is 11.3 Å². The van der Waals surface area contributed by atoms with Crippen LogP contribution in [-0.2, 0) is 16.6 Å². The molecule has 36 heavy (non-hydrogen) atoms. The Morgan fingerprint density at radius 1 is 1.28 bits per heavy atom. The summed E-state index contributed by atoms with van der Waals surface area (Å²) in [5, 5.41) is 27.4. The van der Waals surface area contributed by atoms with Crippen LogP contribution in [0.4, 0.5) is 0 Å². The molecule has 190 valence electrons. The molecule has 3 aliphatic carbocycles. The molecule has 2 aromatic rings. The van der Waals surface area contributed by atoms with Crippen molar-refractivity contribution in [2.24, 2.45) is 11.8 Å². The van der Waals surface area contributed by atoms with Crippen LogP contribution in [0.3, 0.4) is 0 Å². The third-order valence-corrected chi connectivity index (χ3v) is 10.4. The van der Waals surface area contributed by atoms with Gasteiger partial charge in [-0.05, 0) is 91.1 Å². The topological polar surface area (TPSA) is 73.2 Å². The average molecular weight is 507 g/mol. The van der Waals surface area contributed by atoms with Crippen molar-refractivity contribution in [3.05, 3.63) is 51.7 Å². The number of rotatable bonds is 6. The van der Waals surface area contributed by atoms with Crippen LogP contribution in [0.1, 0.15) is 48.8 Å². The summed E-state index contributed by atoms with van der Waals surface area (Å²) in [7, 11) is 1.85. The predicted molar refractivity (Wildman–Crippen MR) is 139 cm³/mol. The molecule has 1 aromatic carbocycles. The molecule has 7 heteroatoms. The maximum absolute atomic E-state index is 12.9. The van der Waals surface area contributed by atoms with Crippen molar-refractivity contribution in [1.82, 2.24) is 9.80 Å². The van der Waals surface area contributed by atoms with Gasteiger partial charge in [-0.3, -0.25) is 9.69 Å². The number of hydrogen-bond donors (Lipinski definition) is 2. The summed E-state index contributed by atoms with van der Waals surface area (Å²) in [4.78, 5) is 17.3. The van der Waals surface area contributed by atoms with Crippen LogP contribution in [0.5, 0.6) is 11.5 Å². The van der Waals surface area contributed by atoms with Crippen LogP contribution in [0, 0.1) is 11.8 Å². The Labute approximate surface area is 216 Å². The van der Waals surface area contributed by atoms with Crippen molar-refractivity contribution in [2.45, 2.75) is 61.7 Å². The number of nitrogens with zero attached hydrogens (tertiary/aromatic N) is 2. The summed E-state index contributed by atoms with van der Waals surface area (Å²) in [5.74, 6) is 1.57. The van der Waals surface area contributed by atoms with Gasteiger partial charge >= 0.3 is 0 Å².